The van der Waals surface area contributed by atoms with Gasteiger partial charge in [-0.2, -0.15) is 0 Å². The van der Waals surface area contributed by atoms with E-state index in [9.17, 15) is 14.4 Å². The molecular weight excluding hydrogens is 388 g/mol. The summed E-state index contributed by atoms with van der Waals surface area (Å²) in [5.41, 5.74) is 2.74. The van der Waals surface area contributed by atoms with E-state index in [1.54, 1.807) is 43.3 Å². The van der Waals surface area contributed by atoms with Crippen molar-refractivity contribution in [2.45, 2.75) is 13.8 Å². The molecule has 7 heteroatoms. The third-order valence-electron chi connectivity index (χ3n) is 4.28. The standard InChI is InChI=1S/C22H20N2O4S/c1-13-8-7-11-16(12-13)23-20(26)18-14(2)17(22(27)28-3)21(29-18)24-19(25)15-9-5-4-6-10-15/h4-12H,1-3H3,(H,23,26)(H,24,25). The smallest absolute Gasteiger partial charge is 0.341 e. The van der Waals surface area contributed by atoms with Crippen molar-refractivity contribution in [3.8, 4) is 0 Å². The minimum Gasteiger partial charge on any atom is -0.465 e. The van der Waals surface area contributed by atoms with Crippen LogP contribution in [0.25, 0.3) is 0 Å². The number of hydrogen-bond acceptors (Lipinski definition) is 5. The number of nitrogens with one attached hydrogen (secondary N) is 2. The Morgan fingerprint density at radius 1 is 0.897 bits per heavy atom. The Morgan fingerprint density at radius 2 is 1.62 bits per heavy atom. The van der Waals surface area contributed by atoms with Gasteiger partial charge in [0.2, 0.25) is 0 Å². The highest BCUT2D eigenvalue weighted by molar-refractivity contribution is 7.19. The molecule has 1 heterocycles. The predicted molar refractivity (Wildman–Crippen MR) is 114 cm³/mol. The van der Waals surface area contributed by atoms with Gasteiger partial charge in [-0.1, -0.05) is 30.3 Å². The molecule has 0 aliphatic heterocycles. The molecule has 0 radical (unpaired) electrons. The van der Waals surface area contributed by atoms with Gasteiger partial charge < -0.3 is 15.4 Å². The second-order valence-corrected chi connectivity index (χ2v) is 7.42. The van der Waals surface area contributed by atoms with Gasteiger partial charge in [0.1, 0.15) is 5.00 Å². The summed E-state index contributed by atoms with van der Waals surface area (Å²) in [7, 11) is 1.26. The topological polar surface area (TPSA) is 84.5 Å². The van der Waals surface area contributed by atoms with E-state index in [2.05, 4.69) is 10.6 Å². The van der Waals surface area contributed by atoms with Crippen LogP contribution in [0.15, 0.2) is 54.6 Å². The number of thiophene rings is 1. The van der Waals surface area contributed by atoms with Crippen molar-refractivity contribution in [2.24, 2.45) is 0 Å². The van der Waals surface area contributed by atoms with Crippen LogP contribution in [0.3, 0.4) is 0 Å². The van der Waals surface area contributed by atoms with Crippen LogP contribution in [0.5, 0.6) is 0 Å². The maximum Gasteiger partial charge on any atom is 0.341 e. The van der Waals surface area contributed by atoms with Gasteiger partial charge in [-0.05, 0) is 49.2 Å². The molecule has 2 N–H and O–H groups in total. The third kappa shape index (κ3) is 4.52. The van der Waals surface area contributed by atoms with E-state index < -0.39 is 5.97 Å². The molecule has 0 atom stereocenters. The maximum atomic E-state index is 12.8. The fourth-order valence-electron chi connectivity index (χ4n) is 2.84. The Labute approximate surface area is 172 Å². The molecule has 2 aromatic carbocycles. The molecule has 2 amide bonds. The van der Waals surface area contributed by atoms with Crippen LogP contribution in [0.4, 0.5) is 10.7 Å². The number of amides is 2. The summed E-state index contributed by atoms with van der Waals surface area (Å²) in [6.45, 7) is 3.59. The molecule has 0 bridgehead atoms. The monoisotopic (exact) mass is 408 g/mol. The SMILES string of the molecule is COC(=O)c1c(NC(=O)c2ccccc2)sc(C(=O)Nc2cccc(C)c2)c1C. The lowest BCUT2D eigenvalue weighted by Crippen LogP contribution is -2.14. The number of carbonyl (C=O) groups is 3. The van der Waals surface area contributed by atoms with Crippen molar-refractivity contribution in [1.29, 1.82) is 0 Å². The Bertz CT molecular complexity index is 1070. The van der Waals surface area contributed by atoms with Crippen LogP contribution < -0.4 is 10.6 Å². The van der Waals surface area contributed by atoms with Gasteiger partial charge in [-0.25, -0.2) is 4.79 Å². The lowest BCUT2D eigenvalue weighted by Gasteiger charge is -2.06. The summed E-state index contributed by atoms with van der Waals surface area (Å²) in [4.78, 5) is 38.0. The second kappa shape index (κ2) is 8.70. The number of ether oxygens (including phenoxy) is 1. The average molecular weight is 408 g/mol. The summed E-state index contributed by atoms with van der Waals surface area (Å²) < 4.78 is 4.86. The Hall–Kier alpha value is -3.45. The third-order valence-corrected chi connectivity index (χ3v) is 5.49. The number of hydrogen-bond donors (Lipinski definition) is 2. The summed E-state index contributed by atoms with van der Waals surface area (Å²) in [5.74, 6) is -1.34. The van der Waals surface area contributed by atoms with Gasteiger partial charge in [0, 0.05) is 11.3 Å². The van der Waals surface area contributed by atoms with E-state index in [1.165, 1.54) is 7.11 Å². The number of methoxy groups -OCH3 is 1. The average Bonchev–Trinajstić information content (AvgIpc) is 3.04. The van der Waals surface area contributed by atoms with E-state index >= 15 is 0 Å². The maximum absolute atomic E-state index is 12.8. The quantitative estimate of drug-likeness (QED) is 0.602. The summed E-state index contributed by atoms with van der Waals surface area (Å²) in [5, 5.41) is 5.83. The van der Waals surface area contributed by atoms with Gasteiger partial charge in [0.25, 0.3) is 11.8 Å². The van der Waals surface area contributed by atoms with Crippen molar-refractivity contribution in [3.05, 3.63) is 81.7 Å². The van der Waals surface area contributed by atoms with E-state index in [1.807, 2.05) is 25.1 Å². The molecule has 0 unspecified atom stereocenters. The van der Waals surface area contributed by atoms with Gasteiger partial charge in [0.15, 0.2) is 0 Å². The van der Waals surface area contributed by atoms with Crippen LogP contribution in [0.2, 0.25) is 0 Å². The number of carbonyl (C=O) groups excluding carboxylic acids is 3. The molecular formula is C22H20N2O4S. The molecule has 0 aliphatic carbocycles. The number of aryl methyl sites for hydroxylation is 1. The van der Waals surface area contributed by atoms with Crippen molar-refractivity contribution >= 4 is 39.8 Å². The number of esters is 1. The van der Waals surface area contributed by atoms with Gasteiger partial charge >= 0.3 is 5.97 Å². The van der Waals surface area contributed by atoms with Crippen molar-refractivity contribution in [3.63, 3.8) is 0 Å². The normalized spacial score (nSPS) is 10.3. The number of anilines is 2. The first-order valence-electron chi connectivity index (χ1n) is 8.87. The fourth-order valence-corrected chi connectivity index (χ4v) is 3.93. The highest BCUT2D eigenvalue weighted by Crippen LogP contribution is 2.34. The van der Waals surface area contributed by atoms with Crippen LogP contribution in [0, 0.1) is 13.8 Å². The molecule has 29 heavy (non-hydrogen) atoms. The lowest BCUT2D eigenvalue weighted by molar-refractivity contribution is 0.0601. The predicted octanol–water partition coefficient (Wildman–Crippen LogP) is 4.66. The van der Waals surface area contributed by atoms with E-state index in [0.717, 1.165) is 16.9 Å². The number of rotatable bonds is 5. The Kier molecular flexibility index (Phi) is 6.09. The summed E-state index contributed by atoms with van der Waals surface area (Å²) in [6.07, 6.45) is 0. The van der Waals surface area contributed by atoms with Crippen molar-refractivity contribution < 1.29 is 19.1 Å². The van der Waals surface area contributed by atoms with Crippen LogP contribution in [-0.2, 0) is 4.74 Å². The summed E-state index contributed by atoms with van der Waals surface area (Å²) >= 11 is 1.04. The highest BCUT2D eigenvalue weighted by atomic mass is 32.1. The van der Waals surface area contributed by atoms with Crippen LogP contribution in [-0.4, -0.2) is 24.9 Å². The Morgan fingerprint density at radius 3 is 2.28 bits per heavy atom. The first-order valence-corrected chi connectivity index (χ1v) is 9.68. The highest BCUT2D eigenvalue weighted by Gasteiger charge is 2.26. The zero-order chi connectivity index (χ0) is 21.0. The zero-order valence-electron chi connectivity index (χ0n) is 16.2. The lowest BCUT2D eigenvalue weighted by atomic mass is 10.1. The number of benzene rings is 2. The van der Waals surface area contributed by atoms with Crippen LogP contribution in [0.1, 0.15) is 41.5 Å². The largest absolute Gasteiger partial charge is 0.465 e. The molecule has 148 valence electrons. The van der Waals surface area contributed by atoms with E-state index in [4.69, 9.17) is 4.74 Å². The van der Waals surface area contributed by atoms with E-state index in [0.29, 0.717) is 21.7 Å². The molecule has 3 rings (SSSR count). The molecule has 0 fully saturated rings. The molecule has 1 aromatic heterocycles. The second-order valence-electron chi connectivity index (χ2n) is 6.40. The molecule has 6 nitrogen and oxygen atoms in total. The molecule has 0 aliphatic rings. The summed E-state index contributed by atoms with van der Waals surface area (Å²) in [6, 6.07) is 16.0. The van der Waals surface area contributed by atoms with Gasteiger partial charge in [-0.15, -0.1) is 11.3 Å². The molecule has 0 saturated heterocycles. The minimum atomic E-state index is -0.614. The van der Waals surface area contributed by atoms with Gasteiger partial charge in [-0.3, -0.25) is 9.59 Å². The molecule has 0 saturated carbocycles. The molecule has 3 aromatic rings. The fraction of sp³-hybridized carbons (Fsp3) is 0.136. The Balaban J connectivity index is 1.93. The van der Waals surface area contributed by atoms with Crippen molar-refractivity contribution in [2.75, 3.05) is 17.7 Å². The minimum absolute atomic E-state index is 0.177. The van der Waals surface area contributed by atoms with Crippen LogP contribution >= 0.6 is 11.3 Å². The van der Waals surface area contributed by atoms with Crippen molar-refractivity contribution in [1.82, 2.24) is 0 Å². The first kappa shape index (κ1) is 20.3. The van der Waals surface area contributed by atoms with Gasteiger partial charge in [0.05, 0.1) is 17.6 Å². The molecule has 0 spiro atoms. The first-order chi connectivity index (χ1) is 13.9. The zero-order valence-corrected chi connectivity index (χ0v) is 17.1. The van der Waals surface area contributed by atoms with E-state index in [-0.39, 0.29) is 22.4 Å².